The van der Waals surface area contributed by atoms with Gasteiger partial charge in [-0.05, 0) is 52.0 Å². The smallest absolute Gasteiger partial charge is 0.306 e. The summed E-state index contributed by atoms with van der Waals surface area (Å²) in [5, 5.41) is 35.3. The Labute approximate surface area is 370 Å². The van der Waals surface area contributed by atoms with Crippen molar-refractivity contribution in [2.45, 2.75) is 160 Å². The lowest BCUT2D eigenvalue weighted by Crippen LogP contribution is -2.41. The minimum Gasteiger partial charge on any atom is -0.481 e. The Kier molecular flexibility index (Phi) is 38.9. The summed E-state index contributed by atoms with van der Waals surface area (Å²) in [6.45, 7) is 1.93. The highest BCUT2D eigenvalue weighted by atomic mass is 16.5. The number of carbonyl (C=O) groups is 7. The predicted molar refractivity (Wildman–Crippen MR) is 232 cm³/mol. The molecule has 0 aliphatic heterocycles. The standard InChI is InChI=1S/C44H80N4O14/c1-45-39(43(55)48-58)21-16-17-25-46-41(52)35-62-32-29-59-27-18-20-38(50)34-61-31-30-60-28-26-47-40(51)24-23-36(44(56)57)33-37(49)19-14-12-10-8-6-4-2-3-5-7-9-11-13-15-22-42(53)54/h36,39,45,58H,2-35H2,1H3,(H,46,52)(H,47,51)(H,48,55)(H,53,54)(H,56,57)/t36-,39+/m1/s1/i/hT. The second kappa shape index (κ2) is 42.7. The number of carbonyl (C=O) groups excluding carboxylic acids is 5. The van der Waals surface area contributed by atoms with Crippen molar-refractivity contribution in [1.82, 2.24) is 21.4 Å². The van der Waals surface area contributed by atoms with Crippen LogP contribution >= 0.6 is 0 Å². The van der Waals surface area contributed by atoms with Gasteiger partial charge in [0.1, 0.15) is 19.0 Å². The quantitative estimate of drug-likeness (QED) is 0.0249. The highest BCUT2D eigenvalue weighted by Crippen LogP contribution is 2.17. The molecule has 7 N–H and O–H groups in total. The summed E-state index contributed by atoms with van der Waals surface area (Å²) >= 11 is 0. The summed E-state index contributed by atoms with van der Waals surface area (Å²) in [4.78, 5) is 82.4. The van der Waals surface area contributed by atoms with Gasteiger partial charge in [0, 0.05) is 51.8 Å². The van der Waals surface area contributed by atoms with Crippen molar-refractivity contribution < 1.29 is 69.3 Å². The van der Waals surface area contributed by atoms with E-state index in [9.17, 15) is 38.7 Å². The molecule has 360 valence electrons. The molecule has 18 nitrogen and oxygen atoms in total. The first kappa shape index (κ1) is 56.5. The maximum Gasteiger partial charge on any atom is 0.306 e. The van der Waals surface area contributed by atoms with Gasteiger partial charge in [-0.1, -0.05) is 77.0 Å². The van der Waals surface area contributed by atoms with Crippen LogP contribution in [0.25, 0.3) is 0 Å². The number of hydrogen-bond acceptors (Lipinski definition) is 13. The van der Waals surface area contributed by atoms with Crippen molar-refractivity contribution >= 4 is 41.2 Å². The van der Waals surface area contributed by atoms with Gasteiger partial charge in [-0.25, -0.2) is 5.47 Å². The van der Waals surface area contributed by atoms with Gasteiger partial charge >= 0.3 is 11.9 Å². The van der Waals surface area contributed by atoms with E-state index in [1.807, 2.05) is 0 Å². The Morgan fingerprint density at radius 3 is 1.60 bits per heavy atom. The number of unbranched alkanes of at least 4 members (excludes halogenated alkanes) is 14. The summed E-state index contributed by atoms with van der Waals surface area (Å²) in [5.74, 6) is -4.19. The molecule has 0 aromatic carbocycles. The van der Waals surface area contributed by atoms with Crippen LogP contribution in [0.5, 0.6) is 0 Å². The second-order valence-corrected chi connectivity index (χ2v) is 15.6. The highest BCUT2D eigenvalue weighted by molar-refractivity contribution is 5.84. The molecule has 0 fully saturated rings. The van der Waals surface area contributed by atoms with E-state index in [-0.39, 0.29) is 114 Å². The number of carboxylic acids is 2. The number of amides is 3. The van der Waals surface area contributed by atoms with Crippen LogP contribution < -0.4 is 21.4 Å². The molecule has 0 aromatic rings. The Morgan fingerprint density at radius 1 is 0.516 bits per heavy atom. The number of likely N-dealkylation sites (N-methyl/N-ethyl adjacent to an activating group) is 1. The molecule has 0 heterocycles. The number of ketones is 2. The SMILES string of the molecule is [3H]N(O)C(=O)[C@H](CCCCNC(=O)COCCOCCCC(=O)COCCOCCNC(=O)CC[C@H](CC(=O)CCCCCCCCCCCCCCCCC(=O)O)C(=O)O)NC. The van der Waals surface area contributed by atoms with Gasteiger partial charge in [-0.15, -0.1) is 0 Å². The molecule has 0 aliphatic rings. The third-order valence-corrected chi connectivity index (χ3v) is 10.2. The van der Waals surface area contributed by atoms with Crippen molar-refractivity contribution in [2.75, 3.05) is 73.0 Å². The average Bonchev–Trinajstić information content (AvgIpc) is 3.24. The van der Waals surface area contributed by atoms with Crippen LogP contribution in [0.15, 0.2) is 0 Å². The Balaban J connectivity index is 3.67. The fourth-order valence-corrected chi connectivity index (χ4v) is 6.51. The lowest BCUT2D eigenvalue weighted by atomic mass is 9.94. The molecule has 0 bridgehead atoms. The first-order chi connectivity index (χ1) is 30.4. The van der Waals surface area contributed by atoms with Crippen molar-refractivity contribution in [3.05, 3.63) is 0 Å². The lowest BCUT2D eigenvalue weighted by molar-refractivity contribution is -0.144. The zero-order chi connectivity index (χ0) is 46.8. The Bertz CT molecular complexity index is 1250. The topological polar surface area (TPSA) is 265 Å². The molecule has 0 aromatic heterocycles. The number of carboxylic acid groups (broad SMARTS) is 2. The van der Waals surface area contributed by atoms with E-state index in [1.54, 1.807) is 7.05 Å². The van der Waals surface area contributed by atoms with Gasteiger partial charge in [-0.3, -0.25) is 38.8 Å². The normalized spacial score (nSPS) is 12.3. The van der Waals surface area contributed by atoms with Crippen molar-refractivity contribution in [1.29, 1.82) is 0 Å². The van der Waals surface area contributed by atoms with E-state index in [0.717, 1.165) is 44.9 Å². The maximum atomic E-state index is 12.4. The van der Waals surface area contributed by atoms with Gasteiger partial charge in [0.2, 0.25) is 11.8 Å². The monoisotopic (exact) mass is 891 g/mol. The molecule has 18 heteroatoms. The summed E-state index contributed by atoms with van der Waals surface area (Å²) in [7, 11) is 1.56. The minimum atomic E-state index is -1.07. The number of rotatable bonds is 47. The first-order valence-corrected chi connectivity index (χ1v) is 22.9. The van der Waals surface area contributed by atoms with Crippen LogP contribution in [0.2, 0.25) is 1.41 Å². The molecular weight excluding hydrogens is 808 g/mol. The Hall–Kier alpha value is -3.55. The maximum absolute atomic E-state index is 12.4. The number of nitrogens with one attached hydrogen (secondary N) is 4. The molecular formula is C44H80N4O14. The third-order valence-electron chi connectivity index (χ3n) is 10.2. The fourth-order valence-electron chi connectivity index (χ4n) is 6.51. The van der Waals surface area contributed by atoms with Gasteiger partial charge in [0.25, 0.3) is 5.91 Å². The number of Topliss-reactive ketones (excluding diaryl/α,β-unsaturated/α-hetero) is 2. The molecule has 0 unspecified atom stereocenters. The van der Waals surface area contributed by atoms with Gasteiger partial charge in [0.15, 0.2) is 7.20 Å². The van der Waals surface area contributed by atoms with E-state index >= 15 is 0 Å². The second-order valence-electron chi connectivity index (χ2n) is 15.6. The van der Waals surface area contributed by atoms with Crippen LogP contribution in [0, 0.1) is 5.92 Å². The molecule has 2 atom stereocenters. The van der Waals surface area contributed by atoms with E-state index < -0.39 is 29.8 Å². The molecule has 0 saturated heterocycles. The predicted octanol–water partition coefficient (Wildman–Crippen LogP) is 4.66. The van der Waals surface area contributed by atoms with Crippen LogP contribution in [-0.4, -0.2) is 136 Å². The summed E-state index contributed by atoms with van der Waals surface area (Å²) in [6.07, 6.45) is 18.3. The van der Waals surface area contributed by atoms with Crippen LogP contribution in [-0.2, 0) is 52.5 Å². The van der Waals surface area contributed by atoms with Crippen LogP contribution in [0.3, 0.4) is 0 Å². The van der Waals surface area contributed by atoms with Gasteiger partial charge in [0.05, 0.1) is 45.0 Å². The van der Waals surface area contributed by atoms with E-state index in [2.05, 4.69) is 16.0 Å². The molecule has 0 saturated carbocycles. The van der Waals surface area contributed by atoms with E-state index in [1.165, 1.54) is 44.9 Å². The summed E-state index contributed by atoms with van der Waals surface area (Å²) < 4.78 is 28.4. The van der Waals surface area contributed by atoms with Crippen molar-refractivity contribution in [2.24, 2.45) is 5.92 Å². The van der Waals surface area contributed by atoms with Crippen LogP contribution in [0.1, 0.15) is 154 Å². The molecule has 3 amide bonds. The summed E-state index contributed by atoms with van der Waals surface area (Å²) in [5.41, 5.74) is -0.190. The fraction of sp³-hybridized carbons (Fsp3) is 0.841. The lowest BCUT2D eigenvalue weighted by Gasteiger charge is -2.13. The number of hydrogen-bond donors (Lipinski definition) is 7. The molecule has 0 spiro atoms. The largest absolute Gasteiger partial charge is 0.481 e. The molecule has 0 rings (SSSR count). The van der Waals surface area contributed by atoms with Gasteiger partial charge in [-0.2, -0.15) is 0 Å². The van der Waals surface area contributed by atoms with Crippen molar-refractivity contribution in [3.8, 4) is 0 Å². The highest BCUT2D eigenvalue weighted by Gasteiger charge is 2.22. The number of ether oxygens (including phenoxy) is 4. The molecule has 62 heavy (non-hydrogen) atoms. The van der Waals surface area contributed by atoms with E-state index in [0.29, 0.717) is 45.3 Å². The first-order valence-electron chi connectivity index (χ1n) is 23.3. The third kappa shape index (κ3) is 39.3. The number of hydroxylamine groups is 1. The van der Waals surface area contributed by atoms with E-state index in [4.69, 9.17) is 30.7 Å². The summed E-state index contributed by atoms with van der Waals surface area (Å²) in [6, 6.07) is -0.666. The minimum absolute atomic E-state index is 0.00367. The Morgan fingerprint density at radius 2 is 1.03 bits per heavy atom. The zero-order valence-electron chi connectivity index (χ0n) is 38.5. The van der Waals surface area contributed by atoms with Crippen LogP contribution in [0.4, 0.5) is 0 Å². The van der Waals surface area contributed by atoms with Gasteiger partial charge < -0.3 is 45.1 Å². The zero-order valence-corrected chi connectivity index (χ0v) is 37.5. The number of aliphatic carboxylic acids is 2. The molecule has 0 radical (unpaired) electrons. The molecule has 0 aliphatic carbocycles. The van der Waals surface area contributed by atoms with Crippen molar-refractivity contribution in [3.63, 3.8) is 0 Å². The average molecular weight is 891 g/mol.